The molecule has 0 amide bonds. The van der Waals surface area contributed by atoms with Gasteiger partial charge in [-0.05, 0) is 125 Å². The molecular weight excluding hydrogens is 408 g/mol. The second-order valence-corrected chi connectivity index (χ2v) is 13.2. The molecule has 9 unspecified atom stereocenters. The number of nitrogens with one attached hydrogen (secondary N) is 1. The minimum atomic E-state index is -0.0386. The standard InChI is InChI=1S/C29H52N2O2/c1-20(7-12-27(32)33-6)24-10-11-25-23-9-8-21-19-22(30-17-18-31(4)5)13-15-28(21,2)26(23)14-16-29(24,25)3/h20-26,30H,7-19H2,1-6H3. The van der Waals surface area contributed by atoms with E-state index < -0.39 is 0 Å². The smallest absolute Gasteiger partial charge is 0.305 e. The van der Waals surface area contributed by atoms with Crippen molar-refractivity contribution in [2.75, 3.05) is 34.3 Å². The van der Waals surface area contributed by atoms with Gasteiger partial charge in [0.15, 0.2) is 0 Å². The maximum Gasteiger partial charge on any atom is 0.305 e. The van der Waals surface area contributed by atoms with Gasteiger partial charge in [-0.25, -0.2) is 0 Å². The fourth-order valence-corrected chi connectivity index (χ4v) is 9.56. The summed E-state index contributed by atoms with van der Waals surface area (Å²) in [6.45, 7) is 10.0. The minimum Gasteiger partial charge on any atom is -0.469 e. The van der Waals surface area contributed by atoms with E-state index in [2.05, 4.69) is 45.1 Å². The monoisotopic (exact) mass is 460 g/mol. The van der Waals surface area contributed by atoms with E-state index in [0.29, 0.717) is 23.2 Å². The van der Waals surface area contributed by atoms with Crippen molar-refractivity contribution in [2.45, 2.75) is 97.4 Å². The second-order valence-electron chi connectivity index (χ2n) is 13.2. The number of methoxy groups -OCH3 is 1. The summed E-state index contributed by atoms with van der Waals surface area (Å²) in [4.78, 5) is 14.0. The summed E-state index contributed by atoms with van der Waals surface area (Å²) in [6, 6.07) is 0.736. The van der Waals surface area contributed by atoms with Crippen LogP contribution in [-0.4, -0.2) is 51.2 Å². The Morgan fingerprint density at radius 2 is 1.76 bits per heavy atom. The molecule has 0 aromatic carbocycles. The molecular formula is C29H52N2O2. The predicted molar refractivity (Wildman–Crippen MR) is 136 cm³/mol. The molecule has 1 N–H and O–H groups in total. The maximum absolute atomic E-state index is 11.7. The van der Waals surface area contributed by atoms with Crippen LogP contribution in [0, 0.1) is 46.3 Å². The molecule has 4 saturated carbocycles. The van der Waals surface area contributed by atoms with E-state index in [9.17, 15) is 4.79 Å². The summed E-state index contributed by atoms with van der Waals surface area (Å²) in [6.07, 6.45) is 14.4. The molecule has 9 atom stereocenters. The molecule has 0 saturated heterocycles. The summed E-state index contributed by atoms with van der Waals surface area (Å²) in [5.41, 5.74) is 1.06. The molecule has 4 aliphatic rings. The summed E-state index contributed by atoms with van der Waals surface area (Å²) in [5, 5.41) is 3.89. The van der Waals surface area contributed by atoms with Crippen molar-refractivity contribution in [1.29, 1.82) is 0 Å². The molecule has 0 aliphatic heterocycles. The van der Waals surface area contributed by atoms with Gasteiger partial charge in [-0.15, -0.1) is 0 Å². The van der Waals surface area contributed by atoms with Gasteiger partial charge in [-0.2, -0.15) is 0 Å². The van der Waals surface area contributed by atoms with E-state index in [1.165, 1.54) is 64.9 Å². The van der Waals surface area contributed by atoms with Crippen LogP contribution in [-0.2, 0) is 9.53 Å². The van der Waals surface area contributed by atoms with Crippen molar-refractivity contribution >= 4 is 5.97 Å². The third kappa shape index (κ3) is 4.90. The lowest BCUT2D eigenvalue weighted by Gasteiger charge is -2.61. The number of likely N-dealkylation sites (N-methyl/N-ethyl adjacent to an activating group) is 1. The number of esters is 1. The Balaban J connectivity index is 1.39. The molecule has 0 aromatic rings. The first-order valence-electron chi connectivity index (χ1n) is 14.1. The molecule has 4 rings (SSSR count). The summed E-state index contributed by atoms with van der Waals surface area (Å²) >= 11 is 0. The van der Waals surface area contributed by atoms with Crippen molar-refractivity contribution in [3.05, 3.63) is 0 Å². The SMILES string of the molecule is COC(=O)CCC(C)C1CCC2C3CCC4CC(NCCN(C)C)CCC4(C)C3CCC12C. The van der Waals surface area contributed by atoms with Crippen LogP contribution in [0.3, 0.4) is 0 Å². The Labute approximate surface area is 204 Å². The molecule has 190 valence electrons. The third-order valence-electron chi connectivity index (χ3n) is 11.4. The van der Waals surface area contributed by atoms with Crippen LogP contribution in [0.4, 0.5) is 0 Å². The van der Waals surface area contributed by atoms with Crippen molar-refractivity contribution in [3.8, 4) is 0 Å². The highest BCUT2D eigenvalue weighted by Crippen LogP contribution is 2.68. The van der Waals surface area contributed by atoms with Crippen LogP contribution in [0.1, 0.15) is 91.4 Å². The normalized spacial score (nSPS) is 43.5. The topological polar surface area (TPSA) is 41.6 Å². The first-order chi connectivity index (χ1) is 15.7. The number of fused-ring (bicyclic) bond motifs is 5. The Morgan fingerprint density at radius 3 is 2.48 bits per heavy atom. The zero-order chi connectivity index (χ0) is 23.8. The predicted octanol–water partition coefficient (Wildman–Crippen LogP) is 5.75. The molecule has 4 aliphatic carbocycles. The second kappa shape index (κ2) is 10.2. The highest BCUT2D eigenvalue weighted by molar-refractivity contribution is 5.69. The van der Waals surface area contributed by atoms with E-state index >= 15 is 0 Å². The van der Waals surface area contributed by atoms with Gasteiger partial charge in [0.2, 0.25) is 0 Å². The lowest BCUT2D eigenvalue weighted by Crippen LogP contribution is -2.55. The van der Waals surface area contributed by atoms with Crippen LogP contribution < -0.4 is 5.32 Å². The number of nitrogens with zero attached hydrogens (tertiary/aromatic N) is 1. The van der Waals surface area contributed by atoms with Crippen LogP contribution in [0.5, 0.6) is 0 Å². The summed E-state index contributed by atoms with van der Waals surface area (Å²) in [7, 11) is 5.86. The fourth-order valence-electron chi connectivity index (χ4n) is 9.56. The van der Waals surface area contributed by atoms with Crippen LogP contribution >= 0.6 is 0 Å². The Kier molecular flexibility index (Phi) is 7.85. The minimum absolute atomic E-state index is 0.0386. The van der Waals surface area contributed by atoms with E-state index in [1.54, 1.807) is 0 Å². The van der Waals surface area contributed by atoms with E-state index in [-0.39, 0.29) is 5.97 Å². The van der Waals surface area contributed by atoms with Crippen molar-refractivity contribution in [3.63, 3.8) is 0 Å². The third-order valence-corrected chi connectivity index (χ3v) is 11.4. The summed E-state index contributed by atoms with van der Waals surface area (Å²) < 4.78 is 4.92. The molecule has 0 radical (unpaired) electrons. The largest absolute Gasteiger partial charge is 0.469 e. The number of hydrogen-bond acceptors (Lipinski definition) is 4. The fraction of sp³-hybridized carbons (Fsp3) is 0.966. The van der Waals surface area contributed by atoms with Gasteiger partial charge in [-0.1, -0.05) is 20.8 Å². The maximum atomic E-state index is 11.7. The molecule has 4 nitrogen and oxygen atoms in total. The highest BCUT2D eigenvalue weighted by atomic mass is 16.5. The van der Waals surface area contributed by atoms with E-state index in [1.807, 2.05) is 0 Å². The van der Waals surface area contributed by atoms with Gasteiger partial charge >= 0.3 is 5.97 Å². The molecule has 4 fully saturated rings. The van der Waals surface area contributed by atoms with Crippen LogP contribution in [0.15, 0.2) is 0 Å². The van der Waals surface area contributed by atoms with Crippen LogP contribution in [0.2, 0.25) is 0 Å². The molecule has 0 bridgehead atoms. The van der Waals surface area contributed by atoms with Crippen molar-refractivity contribution < 1.29 is 9.53 Å². The lowest BCUT2D eigenvalue weighted by molar-refractivity contribution is -0.141. The van der Waals surface area contributed by atoms with Gasteiger partial charge in [0, 0.05) is 25.6 Å². The van der Waals surface area contributed by atoms with Crippen LogP contribution in [0.25, 0.3) is 0 Å². The molecule has 4 heteroatoms. The number of rotatable bonds is 8. The van der Waals surface area contributed by atoms with Crippen molar-refractivity contribution in [1.82, 2.24) is 10.2 Å². The van der Waals surface area contributed by atoms with E-state index in [0.717, 1.165) is 55.1 Å². The average molecular weight is 461 g/mol. The molecule has 0 spiro atoms. The lowest BCUT2D eigenvalue weighted by atomic mass is 9.44. The highest BCUT2D eigenvalue weighted by Gasteiger charge is 2.60. The summed E-state index contributed by atoms with van der Waals surface area (Å²) in [5.74, 6) is 5.10. The number of carbonyl (C=O) groups is 1. The van der Waals surface area contributed by atoms with Gasteiger partial charge in [-0.3, -0.25) is 4.79 Å². The Morgan fingerprint density at radius 1 is 1.03 bits per heavy atom. The van der Waals surface area contributed by atoms with Crippen molar-refractivity contribution in [2.24, 2.45) is 46.3 Å². The van der Waals surface area contributed by atoms with Gasteiger partial charge in [0.25, 0.3) is 0 Å². The first-order valence-corrected chi connectivity index (χ1v) is 14.1. The van der Waals surface area contributed by atoms with Gasteiger partial charge in [0.05, 0.1) is 7.11 Å². The quantitative estimate of drug-likeness (QED) is 0.468. The molecule has 0 aromatic heterocycles. The van der Waals surface area contributed by atoms with E-state index in [4.69, 9.17) is 4.74 Å². The zero-order valence-electron chi connectivity index (χ0n) is 22.5. The Hall–Kier alpha value is -0.610. The molecule has 33 heavy (non-hydrogen) atoms. The average Bonchev–Trinajstić information content (AvgIpc) is 3.14. The first kappa shape index (κ1) is 25.5. The number of ether oxygens (including phenoxy) is 1. The Bertz CT molecular complexity index is 681. The zero-order valence-corrected chi connectivity index (χ0v) is 22.5. The number of hydrogen-bond donors (Lipinski definition) is 1. The number of carbonyl (C=O) groups excluding carboxylic acids is 1. The molecule has 0 heterocycles. The van der Waals surface area contributed by atoms with Gasteiger partial charge in [0.1, 0.15) is 0 Å². The van der Waals surface area contributed by atoms with Gasteiger partial charge < -0.3 is 15.0 Å².